The predicted molar refractivity (Wildman–Crippen MR) is 55.7 cm³/mol. The summed E-state index contributed by atoms with van der Waals surface area (Å²) >= 11 is 5.67. The molecule has 0 atom stereocenters. The summed E-state index contributed by atoms with van der Waals surface area (Å²) in [6, 6.07) is 4.40. The zero-order valence-electron chi connectivity index (χ0n) is 8.77. The molecule has 0 spiro atoms. The molecule has 1 aromatic carbocycles. The second-order valence-electron chi connectivity index (χ2n) is 3.29. The van der Waals surface area contributed by atoms with Crippen molar-refractivity contribution in [1.29, 1.82) is 0 Å². The third-order valence-corrected chi connectivity index (χ3v) is 2.07. The van der Waals surface area contributed by atoms with E-state index in [-0.39, 0.29) is 5.56 Å². The van der Waals surface area contributed by atoms with Crippen LogP contribution < -0.4 is 5.48 Å². The van der Waals surface area contributed by atoms with Gasteiger partial charge in [-0.2, -0.15) is 13.2 Å². The van der Waals surface area contributed by atoms with Crippen LogP contribution in [0.25, 0.3) is 0 Å². The molecule has 0 fully saturated rings. The van der Waals surface area contributed by atoms with Gasteiger partial charge in [-0.3, -0.25) is 9.63 Å². The average molecular weight is 268 g/mol. The largest absolute Gasteiger partial charge is 0.414 e. The van der Waals surface area contributed by atoms with Crippen molar-refractivity contribution in [3.8, 4) is 0 Å². The van der Waals surface area contributed by atoms with Gasteiger partial charge in [0.05, 0.1) is 0 Å². The van der Waals surface area contributed by atoms with Crippen LogP contribution in [0.2, 0.25) is 5.02 Å². The van der Waals surface area contributed by atoms with Crippen molar-refractivity contribution in [2.45, 2.75) is 13.1 Å². The lowest BCUT2D eigenvalue weighted by molar-refractivity contribution is -0.184. The monoisotopic (exact) mass is 267 g/mol. The van der Waals surface area contributed by atoms with Crippen molar-refractivity contribution < 1.29 is 22.8 Å². The Bertz CT molecular complexity index is 421. The zero-order valence-corrected chi connectivity index (χ0v) is 9.52. The van der Waals surface area contributed by atoms with Crippen LogP contribution in [0, 0.1) is 6.92 Å². The number of rotatable bonds is 3. The Labute approximate surface area is 100 Å². The molecule has 0 saturated carbocycles. The number of carbonyl (C=O) groups excluding carboxylic acids is 1. The number of aryl methyl sites for hydroxylation is 1. The third-order valence-electron chi connectivity index (χ3n) is 1.83. The highest BCUT2D eigenvalue weighted by molar-refractivity contribution is 6.30. The summed E-state index contributed by atoms with van der Waals surface area (Å²) in [6.07, 6.45) is -4.48. The van der Waals surface area contributed by atoms with E-state index in [0.717, 1.165) is 0 Å². The van der Waals surface area contributed by atoms with Crippen molar-refractivity contribution in [3.05, 3.63) is 34.3 Å². The Kier molecular flexibility index (Phi) is 4.36. The number of amides is 1. The molecule has 0 unspecified atom stereocenters. The van der Waals surface area contributed by atoms with Crippen molar-refractivity contribution in [3.63, 3.8) is 0 Å². The van der Waals surface area contributed by atoms with Gasteiger partial charge in [0.1, 0.15) is 0 Å². The molecule has 0 aliphatic heterocycles. The minimum atomic E-state index is -4.48. The maximum atomic E-state index is 11.7. The molecular formula is C10H9ClF3NO2. The van der Waals surface area contributed by atoms with Crippen molar-refractivity contribution >= 4 is 17.5 Å². The molecule has 3 nitrogen and oxygen atoms in total. The zero-order chi connectivity index (χ0) is 13.1. The highest BCUT2D eigenvalue weighted by Gasteiger charge is 2.28. The van der Waals surface area contributed by atoms with E-state index in [1.165, 1.54) is 18.2 Å². The van der Waals surface area contributed by atoms with Gasteiger partial charge in [-0.25, -0.2) is 5.48 Å². The van der Waals surface area contributed by atoms with Gasteiger partial charge in [-0.1, -0.05) is 11.6 Å². The first-order chi connectivity index (χ1) is 7.79. The first-order valence-electron chi connectivity index (χ1n) is 4.54. The molecule has 7 heteroatoms. The van der Waals surface area contributed by atoms with Crippen LogP contribution >= 0.6 is 11.6 Å². The minimum Gasteiger partial charge on any atom is -0.267 e. The summed E-state index contributed by atoms with van der Waals surface area (Å²) in [7, 11) is 0. The number of nitrogens with one attached hydrogen (secondary N) is 1. The van der Waals surface area contributed by atoms with Gasteiger partial charge < -0.3 is 0 Å². The van der Waals surface area contributed by atoms with Crippen LogP contribution in [-0.4, -0.2) is 18.7 Å². The summed E-state index contributed by atoms with van der Waals surface area (Å²) in [5, 5.41) is 0.440. The summed E-state index contributed by atoms with van der Waals surface area (Å²) < 4.78 is 35.2. The molecule has 0 radical (unpaired) electrons. The maximum absolute atomic E-state index is 11.7. The van der Waals surface area contributed by atoms with E-state index < -0.39 is 18.7 Å². The van der Waals surface area contributed by atoms with Gasteiger partial charge in [0.25, 0.3) is 5.91 Å². The Balaban J connectivity index is 2.59. The number of hydrogen-bond acceptors (Lipinski definition) is 2. The van der Waals surface area contributed by atoms with E-state index in [0.29, 0.717) is 10.6 Å². The maximum Gasteiger partial charge on any atom is 0.414 e. The fourth-order valence-corrected chi connectivity index (χ4v) is 1.35. The normalized spacial score (nSPS) is 11.4. The van der Waals surface area contributed by atoms with Gasteiger partial charge >= 0.3 is 6.18 Å². The number of benzene rings is 1. The quantitative estimate of drug-likeness (QED) is 0.855. The lowest BCUT2D eigenvalue weighted by atomic mass is 10.1. The van der Waals surface area contributed by atoms with E-state index in [4.69, 9.17) is 11.6 Å². The highest BCUT2D eigenvalue weighted by atomic mass is 35.5. The Morgan fingerprint density at radius 2 is 2.12 bits per heavy atom. The molecule has 1 amide bonds. The summed E-state index contributed by atoms with van der Waals surface area (Å²) in [4.78, 5) is 15.5. The number of hydrogen-bond donors (Lipinski definition) is 1. The molecule has 0 aliphatic rings. The molecule has 94 valence electrons. The predicted octanol–water partition coefficient (Wildman–Crippen LogP) is 2.87. The van der Waals surface area contributed by atoms with E-state index in [1.807, 2.05) is 0 Å². The van der Waals surface area contributed by atoms with Crippen LogP contribution in [0.3, 0.4) is 0 Å². The van der Waals surface area contributed by atoms with E-state index >= 15 is 0 Å². The molecule has 1 aromatic rings. The lowest BCUT2D eigenvalue weighted by Gasteiger charge is -2.09. The van der Waals surface area contributed by atoms with Gasteiger partial charge in [0.15, 0.2) is 6.61 Å². The van der Waals surface area contributed by atoms with Gasteiger partial charge in [0.2, 0.25) is 0 Å². The molecule has 1 N–H and O–H groups in total. The number of halogens is 4. The number of hydroxylamine groups is 1. The molecule has 0 bridgehead atoms. The van der Waals surface area contributed by atoms with Gasteiger partial charge in [-0.05, 0) is 30.7 Å². The molecule has 0 heterocycles. The van der Waals surface area contributed by atoms with E-state index in [1.54, 1.807) is 12.4 Å². The second kappa shape index (κ2) is 5.37. The van der Waals surface area contributed by atoms with E-state index in [2.05, 4.69) is 4.84 Å². The number of alkyl halides is 3. The van der Waals surface area contributed by atoms with Gasteiger partial charge in [-0.15, -0.1) is 0 Å². The summed E-state index contributed by atoms with van der Waals surface area (Å²) in [5.41, 5.74) is 2.47. The second-order valence-corrected chi connectivity index (χ2v) is 3.73. The molecule has 17 heavy (non-hydrogen) atoms. The standard InChI is InChI=1S/C10H9ClF3NO2/c1-6-4-7(11)2-3-8(6)9(16)15-17-5-10(12,13)14/h2-4H,5H2,1H3,(H,15,16). The average Bonchev–Trinajstić information content (AvgIpc) is 2.15. The van der Waals surface area contributed by atoms with Crippen LogP contribution in [0.15, 0.2) is 18.2 Å². The van der Waals surface area contributed by atoms with Crippen molar-refractivity contribution in [2.75, 3.05) is 6.61 Å². The SMILES string of the molecule is Cc1cc(Cl)ccc1C(=O)NOCC(F)(F)F. The molecule has 0 saturated heterocycles. The lowest BCUT2D eigenvalue weighted by Crippen LogP contribution is -2.29. The van der Waals surface area contributed by atoms with Crippen LogP contribution in [0.4, 0.5) is 13.2 Å². The molecule has 0 aliphatic carbocycles. The molecule has 1 rings (SSSR count). The van der Waals surface area contributed by atoms with Crippen LogP contribution in [0.1, 0.15) is 15.9 Å². The highest BCUT2D eigenvalue weighted by Crippen LogP contribution is 2.16. The summed E-state index contributed by atoms with van der Waals surface area (Å²) in [6.45, 7) is 0.0793. The minimum absolute atomic E-state index is 0.205. The van der Waals surface area contributed by atoms with Crippen molar-refractivity contribution in [1.82, 2.24) is 5.48 Å². The third kappa shape index (κ3) is 4.62. The first-order valence-corrected chi connectivity index (χ1v) is 4.92. The molecular weight excluding hydrogens is 259 g/mol. The fraction of sp³-hybridized carbons (Fsp3) is 0.300. The summed E-state index contributed by atoms with van der Waals surface area (Å²) in [5.74, 6) is -0.747. The Morgan fingerprint density at radius 1 is 1.47 bits per heavy atom. The fourth-order valence-electron chi connectivity index (χ4n) is 1.12. The van der Waals surface area contributed by atoms with E-state index in [9.17, 15) is 18.0 Å². The smallest absolute Gasteiger partial charge is 0.267 e. The Hall–Kier alpha value is -1.27. The molecule has 0 aromatic heterocycles. The number of carbonyl (C=O) groups is 1. The van der Waals surface area contributed by atoms with Crippen LogP contribution in [0.5, 0.6) is 0 Å². The van der Waals surface area contributed by atoms with Gasteiger partial charge in [0, 0.05) is 10.6 Å². The first kappa shape index (κ1) is 13.8. The van der Waals surface area contributed by atoms with Crippen LogP contribution in [-0.2, 0) is 4.84 Å². The van der Waals surface area contributed by atoms with Crippen molar-refractivity contribution in [2.24, 2.45) is 0 Å². The topological polar surface area (TPSA) is 38.3 Å². The Morgan fingerprint density at radius 3 is 2.65 bits per heavy atom.